The topological polar surface area (TPSA) is 46.3 Å². The van der Waals surface area contributed by atoms with E-state index >= 15 is 0 Å². The smallest absolute Gasteiger partial charge is 0.239 e. The minimum absolute atomic E-state index is 0. The zero-order chi connectivity index (χ0) is 12.4. The number of likely N-dealkylation sites (N-methyl/N-ethyl adjacent to an activating group) is 1. The predicted molar refractivity (Wildman–Crippen MR) is 75.9 cm³/mol. The molecule has 2 rings (SSSR count). The lowest BCUT2D eigenvalue weighted by atomic mass is 9.87. The fourth-order valence-electron chi connectivity index (χ4n) is 2.51. The van der Waals surface area contributed by atoms with Crippen LogP contribution in [-0.2, 0) is 17.6 Å². The third-order valence-electron chi connectivity index (χ3n) is 3.61. The number of nitrogens with zero attached hydrogens (tertiary/aromatic N) is 1. The SMILES string of the molecule is C[C@H](N)C(=O)N(C)C1CCc2ccccc2C1.Cl. The van der Waals surface area contributed by atoms with Gasteiger partial charge in [-0.25, -0.2) is 0 Å². The number of rotatable bonds is 2. The van der Waals surface area contributed by atoms with Gasteiger partial charge in [-0.2, -0.15) is 0 Å². The normalized spacial score (nSPS) is 19.4. The number of carbonyl (C=O) groups is 1. The van der Waals surface area contributed by atoms with Crippen molar-refractivity contribution in [1.82, 2.24) is 4.90 Å². The van der Waals surface area contributed by atoms with Gasteiger partial charge in [-0.05, 0) is 37.3 Å². The summed E-state index contributed by atoms with van der Waals surface area (Å²) >= 11 is 0. The molecule has 0 saturated heterocycles. The van der Waals surface area contributed by atoms with Crippen LogP contribution in [0.4, 0.5) is 0 Å². The van der Waals surface area contributed by atoms with E-state index in [4.69, 9.17) is 5.73 Å². The number of halogens is 1. The van der Waals surface area contributed by atoms with Crippen molar-refractivity contribution in [3.63, 3.8) is 0 Å². The summed E-state index contributed by atoms with van der Waals surface area (Å²) in [5, 5.41) is 0. The first-order chi connectivity index (χ1) is 8.09. The number of amides is 1. The maximum Gasteiger partial charge on any atom is 0.239 e. The molecule has 0 spiro atoms. The van der Waals surface area contributed by atoms with Gasteiger partial charge in [0.2, 0.25) is 5.91 Å². The second-order valence-electron chi connectivity index (χ2n) is 4.90. The fraction of sp³-hybridized carbons (Fsp3) is 0.500. The van der Waals surface area contributed by atoms with Crippen LogP contribution in [0.1, 0.15) is 24.5 Å². The van der Waals surface area contributed by atoms with Crippen LogP contribution in [0.5, 0.6) is 0 Å². The number of benzene rings is 1. The van der Waals surface area contributed by atoms with Crippen molar-refractivity contribution in [1.29, 1.82) is 0 Å². The molecule has 0 saturated carbocycles. The number of nitrogens with two attached hydrogens (primary N) is 1. The standard InChI is InChI=1S/C14H20N2O.ClH/c1-10(15)14(17)16(2)13-8-7-11-5-3-4-6-12(11)9-13;/h3-6,10,13H,7-9,15H2,1-2H3;1H/t10-,13?;/m0./s1. The first kappa shape index (κ1) is 15.0. The Morgan fingerprint density at radius 2 is 2.00 bits per heavy atom. The summed E-state index contributed by atoms with van der Waals surface area (Å²) in [6, 6.07) is 8.37. The lowest BCUT2D eigenvalue weighted by Gasteiger charge is -2.33. The zero-order valence-corrected chi connectivity index (χ0v) is 11.7. The van der Waals surface area contributed by atoms with Gasteiger partial charge >= 0.3 is 0 Å². The summed E-state index contributed by atoms with van der Waals surface area (Å²) in [5.41, 5.74) is 8.44. The van der Waals surface area contributed by atoms with E-state index in [1.54, 1.807) is 6.92 Å². The second kappa shape index (κ2) is 6.21. The third kappa shape index (κ3) is 3.03. The Bertz CT molecular complexity index is 420. The third-order valence-corrected chi connectivity index (χ3v) is 3.61. The van der Waals surface area contributed by atoms with Gasteiger partial charge in [0.25, 0.3) is 0 Å². The largest absolute Gasteiger partial charge is 0.341 e. The Morgan fingerprint density at radius 1 is 1.39 bits per heavy atom. The van der Waals surface area contributed by atoms with Crippen LogP contribution in [0.15, 0.2) is 24.3 Å². The lowest BCUT2D eigenvalue weighted by molar-refractivity contribution is -0.133. The first-order valence-corrected chi connectivity index (χ1v) is 6.18. The summed E-state index contributed by atoms with van der Waals surface area (Å²) in [4.78, 5) is 13.7. The average Bonchev–Trinajstić information content (AvgIpc) is 2.36. The van der Waals surface area contributed by atoms with Crippen LogP contribution in [0.3, 0.4) is 0 Å². The molecule has 100 valence electrons. The molecule has 4 heteroatoms. The first-order valence-electron chi connectivity index (χ1n) is 6.18. The van der Waals surface area contributed by atoms with Crippen molar-refractivity contribution in [2.24, 2.45) is 5.73 Å². The van der Waals surface area contributed by atoms with Gasteiger partial charge in [-0.1, -0.05) is 24.3 Å². The van der Waals surface area contributed by atoms with Crippen LogP contribution in [0, 0.1) is 0 Å². The molecule has 1 aliphatic rings. The second-order valence-corrected chi connectivity index (χ2v) is 4.90. The molecule has 3 nitrogen and oxygen atoms in total. The minimum atomic E-state index is -0.405. The molecular weight excluding hydrogens is 248 g/mol. The minimum Gasteiger partial charge on any atom is -0.341 e. The van der Waals surface area contributed by atoms with Crippen molar-refractivity contribution in [3.05, 3.63) is 35.4 Å². The molecule has 1 amide bonds. The number of aryl methyl sites for hydroxylation is 1. The van der Waals surface area contributed by atoms with Gasteiger partial charge in [0.05, 0.1) is 6.04 Å². The maximum atomic E-state index is 11.9. The number of carbonyl (C=O) groups excluding carboxylic acids is 1. The van der Waals surface area contributed by atoms with Crippen molar-refractivity contribution in [2.45, 2.75) is 38.3 Å². The Labute approximate surface area is 115 Å². The molecule has 2 atom stereocenters. The van der Waals surface area contributed by atoms with Crippen LogP contribution in [0.25, 0.3) is 0 Å². The number of fused-ring (bicyclic) bond motifs is 1. The lowest BCUT2D eigenvalue weighted by Crippen LogP contribution is -2.47. The summed E-state index contributed by atoms with van der Waals surface area (Å²) in [7, 11) is 1.87. The Balaban J connectivity index is 0.00000162. The van der Waals surface area contributed by atoms with Crippen molar-refractivity contribution in [3.8, 4) is 0 Å². The van der Waals surface area contributed by atoms with Gasteiger partial charge in [0.15, 0.2) is 0 Å². The molecule has 0 radical (unpaired) electrons. The summed E-state index contributed by atoms with van der Waals surface area (Å²) < 4.78 is 0. The van der Waals surface area contributed by atoms with Gasteiger partial charge in [0.1, 0.15) is 0 Å². The van der Waals surface area contributed by atoms with E-state index in [0.29, 0.717) is 6.04 Å². The van der Waals surface area contributed by atoms with Crippen molar-refractivity contribution < 1.29 is 4.79 Å². The molecule has 1 aromatic rings. The summed E-state index contributed by atoms with van der Waals surface area (Å²) in [6.07, 6.45) is 3.04. The molecule has 2 N–H and O–H groups in total. The highest BCUT2D eigenvalue weighted by Crippen LogP contribution is 2.23. The predicted octanol–water partition coefficient (Wildman–Crippen LogP) is 1.77. The molecule has 0 bridgehead atoms. The Kier molecular flexibility index (Phi) is 5.17. The van der Waals surface area contributed by atoms with Gasteiger partial charge < -0.3 is 10.6 Å². The van der Waals surface area contributed by atoms with Crippen LogP contribution in [-0.4, -0.2) is 29.9 Å². The summed E-state index contributed by atoms with van der Waals surface area (Å²) in [6.45, 7) is 1.75. The number of hydrogen-bond donors (Lipinski definition) is 1. The molecule has 0 fully saturated rings. The highest BCUT2D eigenvalue weighted by atomic mass is 35.5. The number of hydrogen-bond acceptors (Lipinski definition) is 2. The van der Waals surface area contributed by atoms with Gasteiger partial charge in [0, 0.05) is 13.1 Å². The molecule has 0 heterocycles. The molecule has 18 heavy (non-hydrogen) atoms. The van der Waals surface area contributed by atoms with Gasteiger partial charge in [-0.3, -0.25) is 4.79 Å². The fourth-order valence-corrected chi connectivity index (χ4v) is 2.51. The monoisotopic (exact) mass is 268 g/mol. The molecule has 0 aromatic heterocycles. The van der Waals surface area contributed by atoms with E-state index in [9.17, 15) is 4.79 Å². The maximum absolute atomic E-state index is 11.9. The molecule has 1 aromatic carbocycles. The average molecular weight is 269 g/mol. The molecule has 1 unspecified atom stereocenters. The van der Waals surface area contributed by atoms with E-state index in [1.165, 1.54) is 11.1 Å². The van der Waals surface area contributed by atoms with Crippen LogP contribution >= 0.6 is 12.4 Å². The van der Waals surface area contributed by atoms with E-state index in [2.05, 4.69) is 24.3 Å². The van der Waals surface area contributed by atoms with E-state index in [0.717, 1.165) is 19.3 Å². The molecule has 1 aliphatic carbocycles. The van der Waals surface area contributed by atoms with E-state index < -0.39 is 6.04 Å². The van der Waals surface area contributed by atoms with Gasteiger partial charge in [-0.15, -0.1) is 12.4 Å². The Hall–Kier alpha value is -1.06. The molecular formula is C14H21ClN2O. The van der Waals surface area contributed by atoms with Crippen LogP contribution in [0.2, 0.25) is 0 Å². The van der Waals surface area contributed by atoms with Crippen molar-refractivity contribution >= 4 is 18.3 Å². The van der Waals surface area contributed by atoms with E-state index in [-0.39, 0.29) is 18.3 Å². The van der Waals surface area contributed by atoms with Crippen molar-refractivity contribution in [2.75, 3.05) is 7.05 Å². The zero-order valence-electron chi connectivity index (χ0n) is 10.9. The summed E-state index contributed by atoms with van der Waals surface area (Å²) in [5.74, 6) is 0.0365. The Morgan fingerprint density at radius 3 is 2.61 bits per heavy atom. The van der Waals surface area contributed by atoms with E-state index in [1.807, 2.05) is 11.9 Å². The quantitative estimate of drug-likeness (QED) is 0.889. The van der Waals surface area contributed by atoms with Crippen LogP contribution < -0.4 is 5.73 Å². The highest BCUT2D eigenvalue weighted by molar-refractivity contribution is 5.85. The molecule has 0 aliphatic heterocycles. The highest BCUT2D eigenvalue weighted by Gasteiger charge is 2.26.